The number of para-hydroxylation sites is 1. The molecule has 0 aliphatic carbocycles. The van der Waals surface area contributed by atoms with E-state index < -0.39 is 11.7 Å². The van der Waals surface area contributed by atoms with E-state index in [4.69, 9.17) is 21.1 Å². The van der Waals surface area contributed by atoms with Crippen molar-refractivity contribution in [2.75, 3.05) is 0 Å². The van der Waals surface area contributed by atoms with Crippen LogP contribution in [0.15, 0.2) is 60.7 Å². The first-order chi connectivity index (χ1) is 14.8. The third kappa shape index (κ3) is 4.67. The first kappa shape index (κ1) is 20.8. The van der Waals surface area contributed by atoms with E-state index in [-0.39, 0.29) is 17.4 Å². The lowest BCUT2D eigenvalue weighted by Gasteiger charge is -2.20. The van der Waals surface area contributed by atoms with E-state index in [1.807, 2.05) is 60.7 Å². The highest BCUT2D eigenvalue weighted by atomic mass is 35.5. The Morgan fingerprint density at radius 1 is 0.968 bits per heavy atom. The van der Waals surface area contributed by atoms with Crippen molar-refractivity contribution in [3.8, 4) is 17.1 Å². The highest BCUT2D eigenvalue weighted by Gasteiger charge is 2.26. The number of carbonyl (C=O) groups is 1. The van der Waals surface area contributed by atoms with Gasteiger partial charge in [0.2, 0.25) is 0 Å². The van der Waals surface area contributed by atoms with Crippen LogP contribution in [0.1, 0.15) is 26.6 Å². The molecule has 4 aromatic rings. The molecule has 0 fully saturated rings. The summed E-state index contributed by atoms with van der Waals surface area (Å²) in [4.78, 5) is 26.5. The van der Waals surface area contributed by atoms with E-state index in [1.54, 1.807) is 20.8 Å². The molecule has 2 aromatic carbocycles. The van der Waals surface area contributed by atoms with Crippen molar-refractivity contribution in [2.45, 2.75) is 33.0 Å². The van der Waals surface area contributed by atoms with Gasteiger partial charge in [-0.25, -0.2) is 24.3 Å². The topological polar surface area (TPSA) is 79.1 Å². The van der Waals surface area contributed by atoms with Crippen molar-refractivity contribution in [2.24, 2.45) is 0 Å². The second kappa shape index (κ2) is 8.35. The molecular weight excluding hydrogens is 416 g/mol. The minimum atomic E-state index is -0.704. The summed E-state index contributed by atoms with van der Waals surface area (Å²) in [7, 11) is 0. The van der Waals surface area contributed by atoms with Gasteiger partial charge >= 0.3 is 6.09 Å². The SMILES string of the molecule is CC(C)(C)OC(=O)n1c(COc2ccccc2)nc2c(Cl)nc(-c3ccccc3)nc21. The molecule has 0 aliphatic rings. The van der Waals surface area contributed by atoms with Gasteiger partial charge in [-0.3, -0.25) is 0 Å². The summed E-state index contributed by atoms with van der Waals surface area (Å²) in [5.74, 6) is 1.35. The van der Waals surface area contributed by atoms with Crippen LogP contribution in [-0.2, 0) is 11.3 Å². The van der Waals surface area contributed by atoms with Gasteiger partial charge in [-0.05, 0) is 32.9 Å². The van der Waals surface area contributed by atoms with Crippen LogP contribution in [0.25, 0.3) is 22.6 Å². The summed E-state index contributed by atoms with van der Waals surface area (Å²) < 4.78 is 12.7. The highest BCUT2D eigenvalue weighted by Crippen LogP contribution is 2.27. The molecule has 0 saturated carbocycles. The van der Waals surface area contributed by atoms with E-state index in [1.165, 1.54) is 4.57 Å². The maximum absolute atomic E-state index is 13.1. The molecule has 2 heterocycles. The molecule has 0 radical (unpaired) electrons. The van der Waals surface area contributed by atoms with E-state index in [2.05, 4.69) is 15.0 Å². The number of hydrogen-bond acceptors (Lipinski definition) is 6. The zero-order valence-electron chi connectivity index (χ0n) is 17.4. The average Bonchev–Trinajstić information content (AvgIpc) is 3.11. The van der Waals surface area contributed by atoms with E-state index in [0.29, 0.717) is 22.9 Å². The Labute approximate surface area is 184 Å². The summed E-state index contributed by atoms with van der Waals surface area (Å²) in [6.45, 7) is 5.40. The summed E-state index contributed by atoms with van der Waals surface area (Å²) in [5.41, 5.74) is 0.633. The lowest BCUT2D eigenvalue weighted by Crippen LogP contribution is -2.28. The van der Waals surface area contributed by atoms with Crippen molar-refractivity contribution in [3.05, 3.63) is 71.6 Å². The Bertz CT molecular complexity index is 1220. The molecule has 31 heavy (non-hydrogen) atoms. The molecule has 7 nitrogen and oxygen atoms in total. The van der Waals surface area contributed by atoms with Gasteiger partial charge in [0, 0.05) is 5.56 Å². The number of imidazole rings is 1. The maximum Gasteiger partial charge on any atom is 0.421 e. The summed E-state index contributed by atoms with van der Waals surface area (Å²) >= 11 is 6.43. The molecule has 0 spiro atoms. The van der Waals surface area contributed by atoms with Gasteiger partial charge in [-0.15, -0.1) is 0 Å². The molecule has 0 N–H and O–H groups in total. The lowest BCUT2D eigenvalue weighted by atomic mass is 10.2. The number of ether oxygens (including phenoxy) is 2. The Kier molecular flexibility index (Phi) is 5.61. The zero-order chi connectivity index (χ0) is 22.0. The monoisotopic (exact) mass is 436 g/mol. The van der Waals surface area contributed by atoms with Crippen molar-refractivity contribution < 1.29 is 14.3 Å². The molecule has 0 saturated heterocycles. The van der Waals surface area contributed by atoms with Gasteiger partial charge in [0.15, 0.2) is 22.4 Å². The molecule has 4 rings (SSSR count). The quantitative estimate of drug-likeness (QED) is 0.392. The van der Waals surface area contributed by atoms with Crippen LogP contribution in [0.3, 0.4) is 0 Å². The molecule has 0 amide bonds. The first-order valence-electron chi connectivity index (χ1n) is 9.73. The molecule has 2 aromatic heterocycles. The maximum atomic E-state index is 13.1. The van der Waals surface area contributed by atoms with Crippen LogP contribution >= 0.6 is 11.6 Å². The smallest absolute Gasteiger partial charge is 0.421 e. The van der Waals surface area contributed by atoms with Crippen LogP contribution in [0.5, 0.6) is 5.75 Å². The normalized spacial score (nSPS) is 11.5. The number of hydrogen-bond donors (Lipinski definition) is 0. The Morgan fingerprint density at radius 3 is 2.26 bits per heavy atom. The fourth-order valence-corrected chi connectivity index (χ4v) is 3.15. The Hall–Kier alpha value is -3.45. The molecule has 0 atom stereocenters. The van der Waals surface area contributed by atoms with Crippen molar-refractivity contribution in [1.82, 2.24) is 19.5 Å². The fourth-order valence-electron chi connectivity index (χ4n) is 2.95. The van der Waals surface area contributed by atoms with E-state index in [9.17, 15) is 4.79 Å². The third-order valence-corrected chi connectivity index (χ3v) is 4.52. The van der Waals surface area contributed by atoms with Crippen LogP contribution in [-0.4, -0.2) is 31.2 Å². The first-order valence-corrected chi connectivity index (χ1v) is 10.1. The van der Waals surface area contributed by atoms with Crippen LogP contribution in [0, 0.1) is 0 Å². The minimum Gasteiger partial charge on any atom is -0.486 e. The van der Waals surface area contributed by atoms with Crippen LogP contribution in [0.4, 0.5) is 4.79 Å². The predicted molar refractivity (Wildman–Crippen MR) is 118 cm³/mol. The van der Waals surface area contributed by atoms with Crippen molar-refractivity contribution >= 4 is 28.9 Å². The number of nitrogens with zero attached hydrogens (tertiary/aromatic N) is 4. The summed E-state index contributed by atoms with van der Waals surface area (Å²) in [6, 6.07) is 18.6. The number of rotatable bonds is 4. The molecule has 158 valence electrons. The molecular formula is C23H21ClN4O3. The number of benzene rings is 2. The molecule has 0 aliphatic heterocycles. The highest BCUT2D eigenvalue weighted by molar-refractivity contribution is 6.33. The molecule has 0 unspecified atom stereocenters. The van der Waals surface area contributed by atoms with Gasteiger partial charge in [-0.2, -0.15) is 0 Å². The van der Waals surface area contributed by atoms with Crippen molar-refractivity contribution in [3.63, 3.8) is 0 Å². The second-order valence-electron chi connectivity index (χ2n) is 7.82. The van der Waals surface area contributed by atoms with Crippen LogP contribution < -0.4 is 4.74 Å². The van der Waals surface area contributed by atoms with Gasteiger partial charge in [0.05, 0.1) is 0 Å². The second-order valence-corrected chi connectivity index (χ2v) is 8.18. The van der Waals surface area contributed by atoms with Crippen molar-refractivity contribution in [1.29, 1.82) is 0 Å². The Morgan fingerprint density at radius 2 is 1.61 bits per heavy atom. The third-order valence-electron chi connectivity index (χ3n) is 4.25. The van der Waals surface area contributed by atoms with Gasteiger partial charge in [-0.1, -0.05) is 60.1 Å². The number of aromatic nitrogens is 4. The van der Waals surface area contributed by atoms with E-state index >= 15 is 0 Å². The fraction of sp³-hybridized carbons (Fsp3) is 0.217. The van der Waals surface area contributed by atoms with Gasteiger partial charge in [0.1, 0.15) is 23.5 Å². The van der Waals surface area contributed by atoms with E-state index in [0.717, 1.165) is 5.56 Å². The largest absolute Gasteiger partial charge is 0.486 e. The minimum absolute atomic E-state index is 0.0244. The summed E-state index contributed by atoms with van der Waals surface area (Å²) in [5, 5.41) is 0.145. The van der Waals surface area contributed by atoms with Crippen LogP contribution in [0.2, 0.25) is 5.15 Å². The lowest BCUT2D eigenvalue weighted by molar-refractivity contribution is 0.0532. The number of fused-ring (bicyclic) bond motifs is 1. The van der Waals surface area contributed by atoms with Gasteiger partial charge < -0.3 is 9.47 Å². The zero-order valence-corrected chi connectivity index (χ0v) is 18.1. The predicted octanol–water partition coefficient (Wildman–Crippen LogP) is 5.51. The number of carbonyl (C=O) groups excluding carboxylic acids is 1. The molecule has 0 bridgehead atoms. The van der Waals surface area contributed by atoms with Gasteiger partial charge in [0.25, 0.3) is 0 Å². The standard InChI is InChI=1S/C23H21ClN4O3/c1-23(2,3)31-22(29)28-17(14-30-16-12-8-5-9-13-16)25-18-19(24)26-20(27-21(18)28)15-10-6-4-7-11-15/h4-13H,14H2,1-3H3. The Balaban J connectivity index is 1.82. The summed E-state index contributed by atoms with van der Waals surface area (Å²) in [6.07, 6.45) is -0.615. The average molecular weight is 437 g/mol. The number of halogens is 1. The molecule has 8 heteroatoms.